The largest absolute Gasteiger partial charge is 0.350 e. The maximum absolute atomic E-state index is 11.2. The van der Waals surface area contributed by atoms with Crippen molar-refractivity contribution >= 4 is 14.0 Å². The lowest BCUT2D eigenvalue weighted by molar-refractivity contribution is -0.133. The molecule has 0 aromatic rings. The van der Waals surface area contributed by atoms with Crippen molar-refractivity contribution in [1.29, 1.82) is 0 Å². The third kappa shape index (κ3) is 2.97. The van der Waals surface area contributed by atoms with Gasteiger partial charge < -0.3 is 5.32 Å². The molecule has 0 unspecified atom stereocenters. The molecule has 0 aliphatic carbocycles. The first kappa shape index (κ1) is 12.1. The molecule has 0 radical (unpaired) electrons. The lowest BCUT2D eigenvalue weighted by atomic mass is 9.82. The molecule has 0 spiro atoms. The first-order valence-corrected chi connectivity index (χ1v) is 8.81. The van der Waals surface area contributed by atoms with Gasteiger partial charge in [-0.15, -0.1) is 18.0 Å². The Morgan fingerprint density at radius 2 is 2.13 bits per heavy atom. The zero-order valence-electron chi connectivity index (χ0n) is 9.92. The molecule has 0 aromatic heterocycles. The van der Waals surface area contributed by atoms with Crippen molar-refractivity contribution in [2.45, 2.75) is 32.6 Å². The van der Waals surface area contributed by atoms with Gasteiger partial charge in [-0.3, -0.25) is 4.79 Å². The van der Waals surface area contributed by atoms with Crippen LogP contribution in [0.5, 0.6) is 0 Å². The maximum Gasteiger partial charge on any atom is 0.229 e. The number of carbonyl (C=O) groups is 1. The van der Waals surface area contributed by atoms with Crippen LogP contribution in [0.2, 0.25) is 19.6 Å². The third-order valence-electron chi connectivity index (χ3n) is 2.47. The second-order valence-electron chi connectivity index (χ2n) is 5.10. The summed E-state index contributed by atoms with van der Waals surface area (Å²) < 4.78 is 0. The Kier molecular flexibility index (Phi) is 3.41. The zero-order valence-corrected chi connectivity index (χ0v) is 10.9. The average Bonchev–Trinajstić information content (AvgIpc) is 2.09. The Morgan fingerprint density at radius 3 is 2.53 bits per heavy atom. The van der Waals surface area contributed by atoms with Crippen LogP contribution in [0.4, 0.5) is 0 Å². The summed E-state index contributed by atoms with van der Waals surface area (Å²) in [5.74, 6) is 3.51. The van der Waals surface area contributed by atoms with Gasteiger partial charge in [0.15, 0.2) is 0 Å². The van der Waals surface area contributed by atoms with E-state index in [2.05, 4.69) is 49.9 Å². The summed E-state index contributed by atoms with van der Waals surface area (Å²) in [6.07, 6.45) is 1.72. The molecule has 3 heteroatoms. The summed E-state index contributed by atoms with van der Waals surface area (Å²) in [6.45, 7) is 12.4. The smallest absolute Gasteiger partial charge is 0.229 e. The average molecular weight is 221 g/mol. The van der Waals surface area contributed by atoms with Crippen LogP contribution in [0, 0.1) is 23.3 Å². The molecule has 0 aromatic carbocycles. The summed E-state index contributed by atoms with van der Waals surface area (Å²) in [5, 5.41) is 2.88. The standard InChI is InChI=1S/C12H19NOSi/c1-6-10-11(13-12(10)14)9(2)7-8-15(3,4)5/h6,9-11H,1H2,2-5H3,(H,13,14)/t9-,10+,11-/m1/s1. The Hall–Kier alpha value is -1.01. The van der Waals surface area contributed by atoms with Crippen LogP contribution in [0.3, 0.4) is 0 Å². The summed E-state index contributed by atoms with van der Waals surface area (Å²) in [4.78, 5) is 11.2. The monoisotopic (exact) mass is 221 g/mol. The molecule has 1 aliphatic rings. The fourth-order valence-electron chi connectivity index (χ4n) is 1.53. The Bertz CT molecular complexity index is 332. The molecule has 1 rings (SSSR count). The van der Waals surface area contributed by atoms with Crippen LogP contribution < -0.4 is 5.32 Å². The van der Waals surface area contributed by atoms with Gasteiger partial charge in [-0.05, 0) is 6.92 Å². The molecule has 1 fully saturated rings. The van der Waals surface area contributed by atoms with Gasteiger partial charge in [0, 0.05) is 5.92 Å². The number of carbonyl (C=O) groups excluding carboxylic acids is 1. The van der Waals surface area contributed by atoms with Crippen molar-refractivity contribution in [1.82, 2.24) is 5.32 Å². The van der Waals surface area contributed by atoms with Crippen molar-refractivity contribution < 1.29 is 4.79 Å². The predicted molar refractivity (Wildman–Crippen MR) is 65.9 cm³/mol. The van der Waals surface area contributed by atoms with Crippen LogP contribution in [0.15, 0.2) is 12.7 Å². The van der Waals surface area contributed by atoms with Gasteiger partial charge in [-0.25, -0.2) is 0 Å². The number of hydrogen-bond donors (Lipinski definition) is 1. The van der Waals surface area contributed by atoms with E-state index in [1.807, 2.05) is 0 Å². The van der Waals surface area contributed by atoms with Crippen molar-refractivity contribution in [2.24, 2.45) is 11.8 Å². The molecule has 0 saturated carbocycles. The van der Waals surface area contributed by atoms with Gasteiger partial charge in [0.25, 0.3) is 0 Å². The van der Waals surface area contributed by atoms with Gasteiger partial charge in [-0.2, -0.15) is 0 Å². The van der Waals surface area contributed by atoms with E-state index in [1.165, 1.54) is 0 Å². The summed E-state index contributed by atoms with van der Waals surface area (Å²) in [6, 6.07) is 0.166. The first-order chi connectivity index (χ1) is 6.85. The highest BCUT2D eigenvalue weighted by Crippen LogP contribution is 2.22. The molecule has 1 amide bonds. The number of β-lactam (4-membered cyclic amide) rings is 1. The van der Waals surface area contributed by atoms with E-state index in [1.54, 1.807) is 6.08 Å². The van der Waals surface area contributed by atoms with Gasteiger partial charge >= 0.3 is 0 Å². The van der Waals surface area contributed by atoms with Gasteiger partial charge in [0.1, 0.15) is 8.07 Å². The fourth-order valence-corrected chi connectivity index (χ4v) is 2.19. The molecule has 1 heterocycles. The second kappa shape index (κ2) is 4.24. The third-order valence-corrected chi connectivity index (χ3v) is 3.36. The lowest BCUT2D eigenvalue weighted by Gasteiger charge is -2.37. The molecule has 2 nitrogen and oxygen atoms in total. The van der Waals surface area contributed by atoms with Gasteiger partial charge in [-0.1, -0.05) is 25.7 Å². The first-order valence-electron chi connectivity index (χ1n) is 5.31. The maximum atomic E-state index is 11.2. The predicted octanol–water partition coefficient (Wildman–Crippen LogP) is 1.80. The topological polar surface area (TPSA) is 29.1 Å². The minimum atomic E-state index is -1.30. The molecule has 0 bridgehead atoms. The number of nitrogens with one attached hydrogen (secondary N) is 1. The molecular weight excluding hydrogens is 202 g/mol. The van der Waals surface area contributed by atoms with E-state index in [-0.39, 0.29) is 23.8 Å². The highest BCUT2D eigenvalue weighted by Gasteiger charge is 2.39. The van der Waals surface area contributed by atoms with E-state index in [0.717, 1.165) is 0 Å². The molecule has 15 heavy (non-hydrogen) atoms. The number of rotatable bonds is 2. The highest BCUT2D eigenvalue weighted by atomic mass is 28.3. The van der Waals surface area contributed by atoms with E-state index in [0.29, 0.717) is 0 Å². The van der Waals surface area contributed by atoms with Crippen molar-refractivity contribution in [3.8, 4) is 11.5 Å². The van der Waals surface area contributed by atoms with E-state index in [4.69, 9.17) is 0 Å². The molecular formula is C12H19NOSi. The summed E-state index contributed by atoms with van der Waals surface area (Å²) in [5.41, 5.74) is 3.33. The van der Waals surface area contributed by atoms with Crippen molar-refractivity contribution in [3.05, 3.63) is 12.7 Å². The number of hydrogen-bond acceptors (Lipinski definition) is 1. The quantitative estimate of drug-likeness (QED) is 0.328. The Balaban J connectivity index is 2.62. The van der Waals surface area contributed by atoms with Crippen LogP contribution in [0.25, 0.3) is 0 Å². The zero-order chi connectivity index (χ0) is 11.6. The van der Waals surface area contributed by atoms with Crippen molar-refractivity contribution in [3.63, 3.8) is 0 Å². The minimum Gasteiger partial charge on any atom is -0.350 e. The van der Waals surface area contributed by atoms with Crippen LogP contribution >= 0.6 is 0 Å². The Morgan fingerprint density at radius 1 is 1.53 bits per heavy atom. The molecule has 82 valence electrons. The normalized spacial score (nSPS) is 26.8. The van der Waals surface area contributed by atoms with Crippen LogP contribution in [-0.2, 0) is 4.79 Å². The molecule has 1 saturated heterocycles. The van der Waals surface area contributed by atoms with Crippen molar-refractivity contribution in [2.75, 3.05) is 0 Å². The van der Waals surface area contributed by atoms with Gasteiger partial charge in [0.2, 0.25) is 5.91 Å². The highest BCUT2D eigenvalue weighted by molar-refractivity contribution is 6.83. The summed E-state index contributed by atoms with van der Waals surface area (Å²) >= 11 is 0. The van der Waals surface area contributed by atoms with E-state index < -0.39 is 8.07 Å². The minimum absolute atomic E-state index is 0.0454. The molecule has 3 atom stereocenters. The SMILES string of the molecule is C=C[C@@H]1C(=O)N[C@@H]1[C@H](C)C#C[Si](C)(C)C. The Labute approximate surface area is 93.1 Å². The lowest BCUT2D eigenvalue weighted by Crippen LogP contribution is -2.59. The van der Waals surface area contributed by atoms with Gasteiger partial charge in [0.05, 0.1) is 12.0 Å². The second-order valence-corrected chi connectivity index (χ2v) is 9.85. The molecule has 1 N–H and O–H groups in total. The van der Waals surface area contributed by atoms with Crippen LogP contribution in [-0.4, -0.2) is 20.0 Å². The number of amides is 1. The van der Waals surface area contributed by atoms with Crippen LogP contribution in [0.1, 0.15) is 6.92 Å². The summed E-state index contributed by atoms with van der Waals surface area (Å²) in [7, 11) is -1.30. The van der Waals surface area contributed by atoms with E-state index >= 15 is 0 Å². The fraction of sp³-hybridized carbons (Fsp3) is 0.583. The van der Waals surface area contributed by atoms with E-state index in [9.17, 15) is 4.79 Å². The molecule has 1 aliphatic heterocycles.